The Morgan fingerprint density at radius 2 is 1.71 bits per heavy atom. The third-order valence-corrected chi connectivity index (χ3v) is 4.91. The van der Waals surface area contributed by atoms with Crippen molar-refractivity contribution in [3.8, 4) is 0 Å². The maximum Gasteiger partial charge on any atom is 0.270 e. The Morgan fingerprint density at radius 3 is 2.29 bits per heavy atom. The number of nitrogens with zero attached hydrogens (tertiary/aromatic N) is 4. The minimum Gasteiger partial charge on any atom is -0.377 e. The van der Waals surface area contributed by atoms with Crippen LogP contribution >= 0.6 is 0 Å². The van der Waals surface area contributed by atoms with E-state index in [-0.39, 0.29) is 17.2 Å². The summed E-state index contributed by atoms with van der Waals surface area (Å²) in [6.07, 6.45) is 0. The molecule has 1 saturated heterocycles. The lowest BCUT2D eigenvalue weighted by Crippen LogP contribution is -2.44. The first-order chi connectivity index (χ1) is 13.3. The van der Waals surface area contributed by atoms with E-state index >= 15 is 0 Å². The van der Waals surface area contributed by atoms with Gasteiger partial charge in [0.15, 0.2) is 0 Å². The van der Waals surface area contributed by atoms with Crippen molar-refractivity contribution < 1.29 is 9.72 Å². The van der Waals surface area contributed by atoms with E-state index in [9.17, 15) is 14.9 Å². The van der Waals surface area contributed by atoms with Crippen LogP contribution in [0.5, 0.6) is 0 Å². The normalized spacial score (nSPS) is 14.6. The highest BCUT2D eigenvalue weighted by atomic mass is 16.6. The van der Waals surface area contributed by atoms with Crippen molar-refractivity contribution >= 4 is 28.7 Å². The van der Waals surface area contributed by atoms with Gasteiger partial charge in [-0.1, -0.05) is 0 Å². The average Bonchev–Trinajstić information content (AvgIpc) is 2.68. The largest absolute Gasteiger partial charge is 0.377 e. The molecule has 3 rings (SSSR count). The Hall–Kier alpha value is -3.13. The number of hydrogen-bond acceptors (Lipinski definition) is 6. The Morgan fingerprint density at radius 1 is 1.07 bits per heavy atom. The predicted molar refractivity (Wildman–Crippen MR) is 112 cm³/mol. The lowest BCUT2D eigenvalue weighted by Gasteiger charge is -2.34. The van der Waals surface area contributed by atoms with Crippen LogP contribution in [0.4, 0.5) is 22.7 Å². The van der Waals surface area contributed by atoms with Crippen molar-refractivity contribution in [2.75, 3.05) is 62.4 Å². The standard InChI is InChI=1S/C20H25N5O3/c1-22(2)19-9-8-17(25(27)28)14-18(19)20(26)21-15-4-6-16(7-5-15)24-12-10-23(3)11-13-24/h4-9,14H,10-13H2,1-3H3,(H,21,26). The molecule has 1 amide bonds. The number of carbonyl (C=O) groups is 1. The molecule has 0 saturated carbocycles. The van der Waals surface area contributed by atoms with Crippen molar-refractivity contribution in [1.82, 2.24) is 4.90 Å². The molecule has 0 spiro atoms. The van der Waals surface area contributed by atoms with Gasteiger partial charge >= 0.3 is 0 Å². The number of nitro groups is 1. The maximum absolute atomic E-state index is 12.8. The molecule has 0 bridgehead atoms. The lowest BCUT2D eigenvalue weighted by atomic mass is 10.1. The number of carbonyl (C=O) groups excluding carboxylic acids is 1. The van der Waals surface area contributed by atoms with E-state index < -0.39 is 4.92 Å². The summed E-state index contributed by atoms with van der Waals surface area (Å²) in [4.78, 5) is 29.7. The first-order valence-electron chi connectivity index (χ1n) is 9.16. The first-order valence-corrected chi connectivity index (χ1v) is 9.16. The highest BCUT2D eigenvalue weighted by Gasteiger charge is 2.19. The summed E-state index contributed by atoms with van der Waals surface area (Å²) in [6, 6.07) is 12.0. The fraction of sp³-hybridized carbons (Fsp3) is 0.350. The summed E-state index contributed by atoms with van der Waals surface area (Å²) in [6.45, 7) is 4.00. The van der Waals surface area contributed by atoms with Crippen molar-refractivity contribution in [2.45, 2.75) is 0 Å². The quantitative estimate of drug-likeness (QED) is 0.631. The number of non-ortho nitro benzene ring substituents is 1. The topological polar surface area (TPSA) is 82.0 Å². The molecule has 1 aliphatic heterocycles. The van der Waals surface area contributed by atoms with Crippen LogP contribution in [0.3, 0.4) is 0 Å². The van der Waals surface area contributed by atoms with Crippen LogP contribution in [0, 0.1) is 10.1 Å². The number of hydrogen-bond donors (Lipinski definition) is 1. The van der Waals surface area contributed by atoms with Crippen molar-refractivity contribution in [2.24, 2.45) is 0 Å². The van der Waals surface area contributed by atoms with Crippen molar-refractivity contribution in [1.29, 1.82) is 0 Å². The zero-order chi connectivity index (χ0) is 20.3. The van der Waals surface area contributed by atoms with Crippen molar-refractivity contribution in [3.05, 3.63) is 58.1 Å². The number of anilines is 3. The van der Waals surface area contributed by atoms with Gasteiger partial charge in [0, 0.05) is 69.5 Å². The van der Waals surface area contributed by atoms with Crippen LogP contribution in [-0.4, -0.2) is 63.1 Å². The number of amides is 1. The zero-order valence-electron chi connectivity index (χ0n) is 16.4. The third-order valence-electron chi connectivity index (χ3n) is 4.91. The summed E-state index contributed by atoms with van der Waals surface area (Å²) in [5.41, 5.74) is 2.55. The molecule has 1 N–H and O–H groups in total. The highest BCUT2D eigenvalue weighted by Crippen LogP contribution is 2.26. The molecule has 8 heteroatoms. The summed E-state index contributed by atoms with van der Waals surface area (Å²) >= 11 is 0. The number of rotatable bonds is 5. The minimum atomic E-state index is -0.499. The van der Waals surface area contributed by atoms with Crippen molar-refractivity contribution in [3.63, 3.8) is 0 Å². The molecule has 1 aliphatic rings. The molecule has 1 heterocycles. The van der Waals surface area contributed by atoms with Crippen LogP contribution in [-0.2, 0) is 0 Å². The number of likely N-dealkylation sites (N-methyl/N-ethyl adjacent to an activating group) is 1. The fourth-order valence-electron chi connectivity index (χ4n) is 3.23. The molecule has 0 unspecified atom stereocenters. The second kappa shape index (κ2) is 8.26. The van der Waals surface area contributed by atoms with Crippen LogP contribution in [0.1, 0.15) is 10.4 Å². The molecular formula is C20H25N5O3. The van der Waals surface area contributed by atoms with Gasteiger partial charge < -0.3 is 20.0 Å². The molecule has 28 heavy (non-hydrogen) atoms. The third kappa shape index (κ3) is 4.40. The molecule has 0 aromatic heterocycles. The Kier molecular flexibility index (Phi) is 5.79. The van der Waals surface area contributed by atoms with Gasteiger partial charge in [-0.2, -0.15) is 0 Å². The van der Waals surface area contributed by atoms with Crippen LogP contribution in [0.15, 0.2) is 42.5 Å². The van der Waals surface area contributed by atoms with Gasteiger partial charge in [0.05, 0.1) is 10.5 Å². The fourth-order valence-corrected chi connectivity index (χ4v) is 3.23. The van der Waals surface area contributed by atoms with E-state index in [0.717, 1.165) is 31.9 Å². The van der Waals surface area contributed by atoms with Crippen LogP contribution in [0.2, 0.25) is 0 Å². The zero-order valence-corrected chi connectivity index (χ0v) is 16.4. The van der Waals surface area contributed by atoms with E-state index in [1.165, 1.54) is 12.1 Å². The first kappa shape index (κ1) is 19.6. The minimum absolute atomic E-state index is 0.110. The molecule has 0 aliphatic carbocycles. The second-order valence-electron chi connectivity index (χ2n) is 7.14. The van der Waals surface area contributed by atoms with E-state index in [1.807, 2.05) is 24.3 Å². The van der Waals surface area contributed by atoms with Gasteiger partial charge in [0.2, 0.25) is 0 Å². The number of nitrogens with one attached hydrogen (secondary N) is 1. The monoisotopic (exact) mass is 383 g/mol. The Labute approximate surface area is 164 Å². The SMILES string of the molecule is CN1CCN(c2ccc(NC(=O)c3cc([N+](=O)[O-])ccc3N(C)C)cc2)CC1. The lowest BCUT2D eigenvalue weighted by molar-refractivity contribution is -0.384. The molecule has 0 radical (unpaired) electrons. The molecule has 2 aromatic carbocycles. The highest BCUT2D eigenvalue weighted by molar-refractivity contribution is 6.08. The molecular weight excluding hydrogens is 358 g/mol. The summed E-state index contributed by atoms with van der Waals surface area (Å²) < 4.78 is 0. The van der Waals surface area contributed by atoms with Gasteiger partial charge in [-0.25, -0.2) is 0 Å². The molecule has 1 fully saturated rings. The molecule has 0 atom stereocenters. The Bertz CT molecular complexity index is 859. The number of nitro benzene ring substituents is 1. The van der Waals surface area contributed by atoms with E-state index in [2.05, 4.69) is 22.2 Å². The number of benzene rings is 2. The predicted octanol–water partition coefficient (Wildman–Crippen LogP) is 2.66. The van der Waals surface area contributed by atoms with Crippen LogP contribution < -0.4 is 15.1 Å². The van der Waals surface area contributed by atoms with Gasteiger partial charge in [-0.3, -0.25) is 14.9 Å². The number of piperazine rings is 1. The average molecular weight is 383 g/mol. The summed E-state index contributed by atoms with van der Waals surface area (Å²) in [5.74, 6) is -0.375. The summed E-state index contributed by atoms with van der Waals surface area (Å²) in [7, 11) is 5.71. The molecule has 2 aromatic rings. The molecule has 148 valence electrons. The second-order valence-corrected chi connectivity index (χ2v) is 7.14. The smallest absolute Gasteiger partial charge is 0.270 e. The van der Waals surface area contributed by atoms with Gasteiger partial charge in [0.1, 0.15) is 0 Å². The van der Waals surface area contributed by atoms with Gasteiger partial charge in [-0.05, 0) is 37.4 Å². The maximum atomic E-state index is 12.8. The van der Waals surface area contributed by atoms with E-state index in [1.54, 1.807) is 25.1 Å². The van der Waals surface area contributed by atoms with Gasteiger partial charge in [0.25, 0.3) is 11.6 Å². The van der Waals surface area contributed by atoms with E-state index in [4.69, 9.17) is 0 Å². The van der Waals surface area contributed by atoms with E-state index in [0.29, 0.717) is 11.4 Å². The Balaban J connectivity index is 1.76. The molecule has 8 nitrogen and oxygen atoms in total. The van der Waals surface area contributed by atoms with Crippen LogP contribution in [0.25, 0.3) is 0 Å². The van der Waals surface area contributed by atoms with Gasteiger partial charge in [-0.15, -0.1) is 0 Å². The summed E-state index contributed by atoms with van der Waals surface area (Å²) in [5, 5.41) is 13.9.